The van der Waals surface area contributed by atoms with E-state index in [1.165, 1.54) is 0 Å². The Labute approximate surface area is 94.9 Å². The summed E-state index contributed by atoms with van der Waals surface area (Å²) in [5.41, 5.74) is 10.5. The Balaban J connectivity index is 3.51. The van der Waals surface area contributed by atoms with Crippen molar-refractivity contribution in [1.29, 1.82) is 0 Å². The van der Waals surface area contributed by atoms with Gasteiger partial charge in [-0.15, -0.1) is 0 Å². The Morgan fingerprint density at radius 3 is 2.50 bits per heavy atom. The largest absolute Gasteiger partial charge is 0.385 e. The first-order valence-electron chi connectivity index (χ1n) is 5.13. The SMILES string of the molecule is COCCCC(N)C(=O)NCCNC(N)=O. The number of carbonyl (C=O) groups excluding carboxylic acids is 2. The van der Waals surface area contributed by atoms with Gasteiger partial charge in [0.2, 0.25) is 5.91 Å². The van der Waals surface area contributed by atoms with E-state index in [0.717, 1.165) is 6.42 Å². The predicted octanol–water partition coefficient (Wildman–Crippen LogP) is -1.48. The third-order valence-corrected chi connectivity index (χ3v) is 1.92. The van der Waals surface area contributed by atoms with E-state index >= 15 is 0 Å². The van der Waals surface area contributed by atoms with Crippen LogP contribution in [0, 0.1) is 0 Å². The van der Waals surface area contributed by atoms with Gasteiger partial charge in [0.25, 0.3) is 0 Å². The maximum atomic E-state index is 11.4. The van der Waals surface area contributed by atoms with E-state index in [9.17, 15) is 9.59 Å². The highest BCUT2D eigenvalue weighted by atomic mass is 16.5. The van der Waals surface area contributed by atoms with Crippen LogP contribution >= 0.6 is 0 Å². The number of urea groups is 1. The number of hydrogen-bond acceptors (Lipinski definition) is 4. The van der Waals surface area contributed by atoms with Gasteiger partial charge >= 0.3 is 6.03 Å². The van der Waals surface area contributed by atoms with Crippen LogP contribution in [0.15, 0.2) is 0 Å². The zero-order valence-electron chi connectivity index (χ0n) is 9.49. The number of rotatable bonds is 8. The number of carbonyl (C=O) groups is 2. The van der Waals surface area contributed by atoms with E-state index in [4.69, 9.17) is 16.2 Å². The summed E-state index contributed by atoms with van der Waals surface area (Å²) >= 11 is 0. The van der Waals surface area contributed by atoms with Crippen molar-refractivity contribution in [2.24, 2.45) is 11.5 Å². The number of methoxy groups -OCH3 is 1. The van der Waals surface area contributed by atoms with E-state index in [-0.39, 0.29) is 5.91 Å². The third kappa shape index (κ3) is 8.01. The van der Waals surface area contributed by atoms with Crippen LogP contribution in [0.5, 0.6) is 0 Å². The van der Waals surface area contributed by atoms with Crippen LogP contribution in [0.25, 0.3) is 0 Å². The highest BCUT2D eigenvalue weighted by Gasteiger charge is 2.11. The quantitative estimate of drug-likeness (QED) is 0.382. The number of nitrogens with two attached hydrogens (primary N) is 2. The Morgan fingerprint density at radius 1 is 1.31 bits per heavy atom. The predicted molar refractivity (Wildman–Crippen MR) is 59.7 cm³/mol. The molecule has 3 amide bonds. The molecule has 7 nitrogen and oxygen atoms in total. The molecule has 0 aliphatic heterocycles. The molecular weight excluding hydrogens is 212 g/mol. The minimum absolute atomic E-state index is 0.234. The normalized spacial score (nSPS) is 11.9. The fraction of sp³-hybridized carbons (Fsp3) is 0.778. The highest BCUT2D eigenvalue weighted by Crippen LogP contribution is 1.94. The van der Waals surface area contributed by atoms with Gasteiger partial charge in [-0.25, -0.2) is 4.79 Å². The average molecular weight is 232 g/mol. The van der Waals surface area contributed by atoms with Gasteiger partial charge in [-0.3, -0.25) is 4.79 Å². The van der Waals surface area contributed by atoms with Crippen molar-refractivity contribution in [3.8, 4) is 0 Å². The highest BCUT2D eigenvalue weighted by molar-refractivity contribution is 5.81. The van der Waals surface area contributed by atoms with Crippen molar-refractivity contribution in [2.45, 2.75) is 18.9 Å². The summed E-state index contributed by atoms with van der Waals surface area (Å²) < 4.78 is 4.85. The van der Waals surface area contributed by atoms with Crippen molar-refractivity contribution >= 4 is 11.9 Å². The number of ether oxygens (including phenoxy) is 1. The molecule has 0 aromatic carbocycles. The van der Waals surface area contributed by atoms with Crippen LogP contribution in [0.4, 0.5) is 4.79 Å². The molecule has 7 heteroatoms. The second kappa shape index (κ2) is 8.93. The van der Waals surface area contributed by atoms with Gasteiger partial charge in [0, 0.05) is 26.8 Å². The fourth-order valence-electron chi connectivity index (χ4n) is 1.08. The van der Waals surface area contributed by atoms with Gasteiger partial charge in [-0.05, 0) is 12.8 Å². The number of primary amides is 1. The number of hydrogen-bond donors (Lipinski definition) is 4. The van der Waals surface area contributed by atoms with Gasteiger partial charge in [-0.1, -0.05) is 0 Å². The van der Waals surface area contributed by atoms with E-state index < -0.39 is 12.1 Å². The Bertz CT molecular complexity index is 223. The molecule has 0 saturated carbocycles. The van der Waals surface area contributed by atoms with Crippen LogP contribution in [-0.2, 0) is 9.53 Å². The third-order valence-electron chi connectivity index (χ3n) is 1.92. The van der Waals surface area contributed by atoms with Gasteiger partial charge in [-0.2, -0.15) is 0 Å². The Morgan fingerprint density at radius 2 is 1.94 bits per heavy atom. The number of nitrogens with one attached hydrogen (secondary N) is 2. The lowest BCUT2D eigenvalue weighted by Crippen LogP contribution is -2.44. The lowest BCUT2D eigenvalue weighted by atomic mass is 10.1. The van der Waals surface area contributed by atoms with E-state index in [0.29, 0.717) is 26.1 Å². The summed E-state index contributed by atoms with van der Waals surface area (Å²) in [4.78, 5) is 21.7. The summed E-state index contributed by atoms with van der Waals surface area (Å²) in [6.07, 6.45) is 1.31. The topological polar surface area (TPSA) is 119 Å². The first kappa shape index (κ1) is 14.7. The smallest absolute Gasteiger partial charge is 0.312 e. The lowest BCUT2D eigenvalue weighted by molar-refractivity contribution is -0.122. The van der Waals surface area contributed by atoms with Crippen LogP contribution < -0.4 is 22.1 Å². The summed E-state index contributed by atoms with van der Waals surface area (Å²) in [5, 5.41) is 4.95. The van der Waals surface area contributed by atoms with E-state index in [1.54, 1.807) is 7.11 Å². The van der Waals surface area contributed by atoms with Crippen LogP contribution in [0.2, 0.25) is 0 Å². The summed E-state index contributed by atoms with van der Waals surface area (Å²) in [6, 6.07) is -1.15. The molecule has 0 aliphatic carbocycles. The van der Waals surface area contributed by atoms with Crippen molar-refractivity contribution < 1.29 is 14.3 Å². The molecule has 6 N–H and O–H groups in total. The lowest BCUT2D eigenvalue weighted by Gasteiger charge is -2.11. The van der Waals surface area contributed by atoms with E-state index in [2.05, 4.69) is 10.6 Å². The zero-order chi connectivity index (χ0) is 12.4. The van der Waals surface area contributed by atoms with Crippen LogP contribution in [-0.4, -0.2) is 44.8 Å². The maximum absolute atomic E-state index is 11.4. The first-order valence-corrected chi connectivity index (χ1v) is 5.13. The molecule has 0 aromatic rings. The Kier molecular flexibility index (Phi) is 8.18. The summed E-state index contributed by atoms with van der Waals surface area (Å²) in [7, 11) is 1.60. The zero-order valence-corrected chi connectivity index (χ0v) is 9.49. The van der Waals surface area contributed by atoms with Crippen molar-refractivity contribution in [1.82, 2.24) is 10.6 Å². The van der Waals surface area contributed by atoms with Gasteiger partial charge in [0.05, 0.1) is 6.04 Å². The fourth-order valence-corrected chi connectivity index (χ4v) is 1.08. The molecule has 0 radical (unpaired) electrons. The van der Waals surface area contributed by atoms with Gasteiger partial charge in [0.1, 0.15) is 0 Å². The van der Waals surface area contributed by atoms with Crippen molar-refractivity contribution in [3.05, 3.63) is 0 Å². The van der Waals surface area contributed by atoms with Gasteiger partial charge in [0.15, 0.2) is 0 Å². The molecule has 0 spiro atoms. The second-order valence-electron chi connectivity index (χ2n) is 3.32. The molecule has 16 heavy (non-hydrogen) atoms. The molecule has 94 valence electrons. The maximum Gasteiger partial charge on any atom is 0.312 e. The molecule has 1 unspecified atom stereocenters. The van der Waals surface area contributed by atoms with Crippen molar-refractivity contribution in [3.63, 3.8) is 0 Å². The second-order valence-corrected chi connectivity index (χ2v) is 3.32. The molecule has 1 atom stereocenters. The minimum atomic E-state index is -0.612. The van der Waals surface area contributed by atoms with Gasteiger partial charge < -0.3 is 26.8 Å². The molecule has 0 aliphatic rings. The Hall–Kier alpha value is -1.34. The van der Waals surface area contributed by atoms with Crippen molar-refractivity contribution in [2.75, 3.05) is 26.8 Å². The molecule has 0 bridgehead atoms. The summed E-state index contributed by atoms with van der Waals surface area (Å²) in [6.45, 7) is 1.20. The molecule has 0 fully saturated rings. The molecular formula is C9H20N4O3. The van der Waals surface area contributed by atoms with Crippen LogP contribution in [0.3, 0.4) is 0 Å². The standard InChI is InChI=1S/C9H20N4O3/c1-16-6-2-3-7(10)8(14)12-4-5-13-9(11)15/h7H,2-6,10H2,1H3,(H,12,14)(H3,11,13,15). The average Bonchev–Trinajstić information content (AvgIpc) is 2.24. The number of amides is 3. The minimum Gasteiger partial charge on any atom is -0.385 e. The molecule has 0 aromatic heterocycles. The molecule has 0 heterocycles. The molecule has 0 saturated heterocycles. The monoisotopic (exact) mass is 232 g/mol. The molecule has 0 rings (SSSR count). The summed E-state index contributed by atoms with van der Waals surface area (Å²) in [5.74, 6) is -0.234. The van der Waals surface area contributed by atoms with E-state index in [1.807, 2.05) is 0 Å². The van der Waals surface area contributed by atoms with Crippen LogP contribution in [0.1, 0.15) is 12.8 Å². The first-order chi connectivity index (χ1) is 7.57.